The topological polar surface area (TPSA) is 51.2 Å². The Hall–Kier alpha value is -1.10. The molecule has 1 heterocycles. The minimum atomic E-state index is -0.122. The smallest absolute Gasteiger partial charge is 0.275 e. The molecule has 0 radical (unpaired) electrons. The van der Waals surface area contributed by atoms with Crippen LogP contribution in [0.4, 0.5) is 5.82 Å². The Morgan fingerprint density at radius 3 is 3.17 bits per heavy atom. The molecule has 66 valence electrons. The van der Waals surface area contributed by atoms with E-state index >= 15 is 0 Å². The van der Waals surface area contributed by atoms with Crippen LogP contribution in [-0.2, 0) is 4.79 Å². The summed E-state index contributed by atoms with van der Waals surface area (Å²) in [6.45, 7) is 3.92. The molecule has 1 amide bonds. The average molecular weight is 186 g/mol. The summed E-state index contributed by atoms with van der Waals surface area (Å²) >= 11 is 1.37. The first-order valence-electron chi connectivity index (χ1n) is 3.58. The lowest BCUT2D eigenvalue weighted by atomic mass is 10.6. The quantitative estimate of drug-likeness (QED) is 0.778. The van der Waals surface area contributed by atoms with Crippen molar-refractivity contribution in [1.29, 1.82) is 0 Å². The normalized spacial score (nSPS) is 9.50. The van der Waals surface area contributed by atoms with Crippen molar-refractivity contribution >= 4 is 23.1 Å². The second-order valence-corrected chi connectivity index (χ2v) is 2.93. The van der Waals surface area contributed by atoms with Gasteiger partial charge in [-0.15, -0.1) is 0 Å². The molecule has 4 nitrogen and oxygen atoms in total. The van der Waals surface area contributed by atoms with Crippen LogP contribution in [-0.4, -0.2) is 17.5 Å². The van der Waals surface area contributed by atoms with Gasteiger partial charge in [0, 0.05) is 12.3 Å². The lowest BCUT2D eigenvalue weighted by Crippen LogP contribution is -2.05. The molecule has 0 aliphatic carbocycles. The van der Waals surface area contributed by atoms with Crippen LogP contribution in [0.25, 0.3) is 0 Å². The average Bonchev–Trinajstić information content (AvgIpc) is 2.36. The summed E-state index contributed by atoms with van der Waals surface area (Å²) in [5, 5.41) is 4.89. The Morgan fingerprint density at radius 1 is 1.83 bits per heavy atom. The van der Waals surface area contributed by atoms with Crippen LogP contribution in [0.1, 0.15) is 13.8 Å². The van der Waals surface area contributed by atoms with E-state index in [2.05, 4.69) is 10.3 Å². The molecule has 0 unspecified atom stereocenters. The van der Waals surface area contributed by atoms with E-state index < -0.39 is 0 Å². The summed E-state index contributed by atoms with van der Waals surface area (Å²) in [4.78, 5) is 14.6. The maximum atomic E-state index is 10.6. The fraction of sp³-hybridized carbons (Fsp3) is 0.429. The number of hydrogen-bond acceptors (Lipinski definition) is 4. The zero-order valence-electron chi connectivity index (χ0n) is 6.96. The fourth-order valence-electron chi connectivity index (χ4n) is 0.685. The minimum absolute atomic E-state index is 0.122. The van der Waals surface area contributed by atoms with Gasteiger partial charge in [0.2, 0.25) is 5.91 Å². The number of anilines is 1. The Balaban J connectivity index is 2.58. The third-order valence-electron chi connectivity index (χ3n) is 1.06. The predicted molar refractivity (Wildman–Crippen MR) is 47.6 cm³/mol. The van der Waals surface area contributed by atoms with Gasteiger partial charge in [0.25, 0.3) is 5.19 Å². The first kappa shape index (κ1) is 8.99. The summed E-state index contributed by atoms with van der Waals surface area (Å²) in [6.07, 6.45) is 0. The van der Waals surface area contributed by atoms with E-state index in [-0.39, 0.29) is 5.91 Å². The zero-order valence-corrected chi connectivity index (χ0v) is 7.77. The van der Waals surface area contributed by atoms with Crippen LogP contribution >= 0.6 is 11.3 Å². The van der Waals surface area contributed by atoms with E-state index in [1.54, 1.807) is 5.38 Å². The first-order chi connectivity index (χ1) is 5.72. The lowest BCUT2D eigenvalue weighted by molar-refractivity contribution is -0.114. The molecular weight excluding hydrogens is 176 g/mol. The molecule has 1 aromatic rings. The lowest BCUT2D eigenvalue weighted by Gasteiger charge is -1.95. The predicted octanol–water partition coefficient (Wildman–Crippen LogP) is 1.50. The number of hydrogen-bond donors (Lipinski definition) is 1. The number of amides is 1. The number of aromatic nitrogens is 1. The van der Waals surface area contributed by atoms with Crippen molar-refractivity contribution in [3.05, 3.63) is 5.38 Å². The van der Waals surface area contributed by atoms with Crippen LogP contribution in [0.3, 0.4) is 0 Å². The minimum Gasteiger partial charge on any atom is -0.470 e. The third kappa shape index (κ3) is 2.50. The highest BCUT2D eigenvalue weighted by atomic mass is 32.1. The Labute approximate surface area is 74.6 Å². The van der Waals surface area contributed by atoms with E-state index in [4.69, 9.17) is 4.74 Å². The van der Waals surface area contributed by atoms with Crippen molar-refractivity contribution in [2.45, 2.75) is 13.8 Å². The molecule has 0 atom stereocenters. The van der Waals surface area contributed by atoms with E-state index in [0.717, 1.165) is 0 Å². The summed E-state index contributed by atoms with van der Waals surface area (Å²) in [7, 11) is 0. The van der Waals surface area contributed by atoms with Gasteiger partial charge in [0.15, 0.2) is 0 Å². The van der Waals surface area contributed by atoms with Gasteiger partial charge in [-0.05, 0) is 6.92 Å². The number of nitrogens with zero attached hydrogens (tertiary/aromatic N) is 1. The standard InChI is InChI=1S/C7H10N2O2S/c1-3-11-7-9-6(4-12-7)8-5(2)10/h4H,3H2,1-2H3,(H,8,10). The van der Waals surface area contributed by atoms with E-state index in [1.807, 2.05) is 6.92 Å². The van der Waals surface area contributed by atoms with Crippen molar-refractivity contribution in [2.24, 2.45) is 0 Å². The zero-order chi connectivity index (χ0) is 8.97. The molecule has 12 heavy (non-hydrogen) atoms. The molecule has 0 fully saturated rings. The third-order valence-corrected chi connectivity index (χ3v) is 1.81. The highest BCUT2D eigenvalue weighted by Gasteiger charge is 2.02. The second kappa shape index (κ2) is 4.06. The number of carbonyl (C=O) groups is 1. The van der Waals surface area contributed by atoms with Gasteiger partial charge < -0.3 is 10.1 Å². The number of nitrogens with one attached hydrogen (secondary N) is 1. The van der Waals surface area contributed by atoms with Gasteiger partial charge in [0.1, 0.15) is 5.82 Å². The SMILES string of the molecule is CCOc1nc(NC(C)=O)cs1. The molecule has 5 heteroatoms. The summed E-state index contributed by atoms with van der Waals surface area (Å²) in [5.41, 5.74) is 0. The summed E-state index contributed by atoms with van der Waals surface area (Å²) < 4.78 is 5.12. The molecule has 0 saturated carbocycles. The molecule has 0 saturated heterocycles. The number of carbonyl (C=O) groups excluding carboxylic acids is 1. The Bertz CT molecular complexity index is 272. The van der Waals surface area contributed by atoms with Crippen LogP contribution in [0.15, 0.2) is 5.38 Å². The van der Waals surface area contributed by atoms with Gasteiger partial charge in [-0.3, -0.25) is 4.79 Å². The van der Waals surface area contributed by atoms with Crippen molar-refractivity contribution in [3.63, 3.8) is 0 Å². The Kier molecular flexibility index (Phi) is 3.04. The van der Waals surface area contributed by atoms with Crippen LogP contribution < -0.4 is 10.1 Å². The van der Waals surface area contributed by atoms with Crippen molar-refractivity contribution in [2.75, 3.05) is 11.9 Å². The van der Waals surface area contributed by atoms with E-state index in [1.165, 1.54) is 18.3 Å². The molecule has 1 aromatic heterocycles. The van der Waals surface area contributed by atoms with Crippen molar-refractivity contribution in [3.8, 4) is 5.19 Å². The van der Waals surface area contributed by atoms with Crippen LogP contribution in [0.2, 0.25) is 0 Å². The highest BCUT2D eigenvalue weighted by molar-refractivity contribution is 7.11. The molecule has 1 rings (SSSR count). The van der Waals surface area contributed by atoms with Gasteiger partial charge in [0.05, 0.1) is 6.61 Å². The van der Waals surface area contributed by atoms with Gasteiger partial charge >= 0.3 is 0 Å². The molecule has 0 aliphatic rings. The maximum absolute atomic E-state index is 10.6. The largest absolute Gasteiger partial charge is 0.470 e. The maximum Gasteiger partial charge on any atom is 0.275 e. The summed E-state index contributed by atoms with van der Waals surface area (Å²) in [5.74, 6) is 0.430. The Morgan fingerprint density at radius 2 is 2.58 bits per heavy atom. The molecule has 0 aromatic carbocycles. The van der Waals surface area contributed by atoms with Gasteiger partial charge in [-0.25, -0.2) is 0 Å². The van der Waals surface area contributed by atoms with E-state index in [0.29, 0.717) is 17.6 Å². The highest BCUT2D eigenvalue weighted by Crippen LogP contribution is 2.20. The second-order valence-electron chi connectivity index (χ2n) is 2.11. The molecular formula is C7H10N2O2S. The van der Waals surface area contributed by atoms with Gasteiger partial charge in [-0.1, -0.05) is 11.3 Å². The fourth-order valence-corrected chi connectivity index (χ4v) is 1.35. The number of ether oxygens (including phenoxy) is 1. The molecule has 0 aliphatic heterocycles. The first-order valence-corrected chi connectivity index (χ1v) is 4.46. The van der Waals surface area contributed by atoms with Crippen LogP contribution in [0, 0.1) is 0 Å². The summed E-state index contributed by atoms with van der Waals surface area (Å²) in [6, 6.07) is 0. The van der Waals surface area contributed by atoms with Crippen LogP contribution in [0.5, 0.6) is 5.19 Å². The van der Waals surface area contributed by atoms with Crippen molar-refractivity contribution in [1.82, 2.24) is 4.98 Å². The monoisotopic (exact) mass is 186 g/mol. The number of rotatable bonds is 3. The van der Waals surface area contributed by atoms with E-state index in [9.17, 15) is 4.79 Å². The van der Waals surface area contributed by atoms with Gasteiger partial charge in [-0.2, -0.15) is 4.98 Å². The number of thiazole rings is 1. The molecule has 0 spiro atoms. The molecule has 0 bridgehead atoms. The molecule has 1 N–H and O–H groups in total. The van der Waals surface area contributed by atoms with Crippen molar-refractivity contribution < 1.29 is 9.53 Å².